The Hall–Kier alpha value is -6.53. The van der Waals surface area contributed by atoms with E-state index in [1.54, 1.807) is 0 Å². The second-order valence-electron chi connectivity index (χ2n) is 11.4. The van der Waals surface area contributed by atoms with Crippen LogP contribution in [0.25, 0.3) is 89.5 Å². The summed E-state index contributed by atoms with van der Waals surface area (Å²) >= 11 is 0. The summed E-state index contributed by atoms with van der Waals surface area (Å²) < 4.78 is 6.04. The number of rotatable bonds is 5. The van der Waals surface area contributed by atoms with Crippen LogP contribution in [0.5, 0.6) is 0 Å². The Morgan fingerprint density at radius 2 is 1.04 bits per heavy atom. The third kappa shape index (κ3) is 4.89. The van der Waals surface area contributed by atoms with Crippen LogP contribution < -0.4 is 0 Å². The van der Waals surface area contributed by atoms with Crippen molar-refractivity contribution in [2.45, 2.75) is 0 Å². The first kappa shape index (κ1) is 26.8. The van der Waals surface area contributed by atoms with Crippen LogP contribution in [0.1, 0.15) is 0 Å². The van der Waals surface area contributed by atoms with E-state index in [0.717, 1.165) is 66.3 Å². The average molecular weight is 604 g/mol. The van der Waals surface area contributed by atoms with Gasteiger partial charge in [0, 0.05) is 39.0 Å². The minimum absolute atomic E-state index is 0.611. The van der Waals surface area contributed by atoms with Crippen LogP contribution in [0, 0.1) is 0 Å². The first-order chi connectivity index (χ1) is 23.3. The van der Waals surface area contributed by atoms with E-state index >= 15 is 0 Å². The number of nitrogens with zero attached hydrogens (tertiary/aromatic N) is 5. The first-order valence-electron chi connectivity index (χ1n) is 15.4. The number of pyridine rings is 2. The van der Waals surface area contributed by atoms with Crippen molar-refractivity contribution in [3.05, 3.63) is 152 Å². The minimum Gasteiger partial charge on any atom is -0.438 e. The fourth-order valence-electron chi connectivity index (χ4n) is 6.08. The van der Waals surface area contributed by atoms with Crippen molar-refractivity contribution >= 4 is 32.8 Å². The van der Waals surface area contributed by atoms with E-state index in [1.165, 1.54) is 0 Å². The van der Waals surface area contributed by atoms with Gasteiger partial charge in [-0.3, -0.25) is 4.98 Å². The molecule has 47 heavy (non-hydrogen) atoms. The molecular weight excluding hydrogens is 578 g/mol. The molecule has 0 unspecified atom stereocenters. The SMILES string of the molecule is c1ccc(-c2nc(-c3ccccc3)nc(-c3cccc(-c4cccc5cc(-c6ccc7c(n6)oc6ccccc67)ncc45)c3)n2)cc1. The van der Waals surface area contributed by atoms with Gasteiger partial charge in [0.25, 0.3) is 0 Å². The third-order valence-corrected chi connectivity index (χ3v) is 8.40. The molecule has 4 aromatic heterocycles. The summed E-state index contributed by atoms with van der Waals surface area (Å²) in [6.07, 6.45) is 1.93. The molecule has 0 aliphatic rings. The first-order valence-corrected chi connectivity index (χ1v) is 15.4. The van der Waals surface area contributed by atoms with E-state index in [-0.39, 0.29) is 0 Å². The summed E-state index contributed by atoms with van der Waals surface area (Å²) in [6.45, 7) is 0. The summed E-state index contributed by atoms with van der Waals surface area (Å²) in [5.41, 5.74) is 7.91. The van der Waals surface area contributed by atoms with Gasteiger partial charge in [-0.05, 0) is 46.8 Å². The summed E-state index contributed by atoms with van der Waals surface area (Å²) in [4.78, 5) is 24.4. The molecule has 0 radical (unpaired) electrons. The molecular formula is C41H25N5O. The van der Waals surface area contributed by atoms with E-state index in [9.17, 15) is 0 Å². The quantitative estimate of drug-likeness (QED) is 0.195. The van der Waals surface area contributed by atoms with Gasteiger partial charge in [-0.2, -0.15) is 0 Å². The van der Waals surface area contributed by atoms with Gasteiger partial charge in [0.1, 0.15) is 5.58 Å². The van der Waals surface area contributed by atoms with Gasteiger partial charge in [-0.15, -0.1) is 0 Å². The molecule has 0 bridgehead atoms. The number of aromatic nitrogens is 5. The summed E-state index contributed by atoms with van der Waals surface area (Å²) in [5, 5.41) is 4.17. The zero-order chi connectivity index (χ0) is 31.2. The van der Waals surface area contributed by atoms with Crippen molar-refractivity contribution in [1.82, 2.24) is 24.9 Å². The molecule has 0 aliphatic heterocycles. The Morgan fingerprint density at radius 1 is 0.404 bits per heavy atom. The lowest BCUT2D eigenvalue weighted by molar-refractivity contribution is 0.654. The maximum Gasteiger partial charge on any atom is 0.227 e. The number of hydrogen-bond acceptors (Lipinski definition) is 6. The van der Waals surface area contributed by atoms with Crippen molar-refractivity contribution in [3.8, 4) is 56.7 Å². The number of para-hydroxylation sites is 1. The molecule has 0 aliphatic carbocycles. The van der Waals surface area contributed by atoms with Gasteiger partial charge in [-0.25, -0.2) is 19.9 Å². The smallest absolute Gasteiger partial charge is 0.227 e. The normalized spacial score (nSPS) is 11.4. The van der Waals surface area contributed by atoms with Crippen LogP contribution in [-0.4, -0.2) is 24.9 Å². The summed E-state index contributed by atoms with van der Waals surface area (Å²) in [7, 11) is 0. The molecule has 5 aromatic carbocycles. The number of furan rings is 1. The second-order valence-corrected chi connectivity index (χ2v) is 11.4. The van der Waals surface area contributed by atoms with Gasteiger partial charge in [0.2, 0.25) is 5.71 Å². The van der Waals surface area contributed by atoms with Crippen LogP contribution in [0.4, 0.5) is 0 Å². The predicted molar refractivity (Wildman–Crippen MR) is 187 cm³/mol. The van der Waals surface area contributed by atoms with E-state index < -0.39 is 0 Å². The zero-order valence-electron chi connectivity index (χ0n) is 25.1. The molecule has 0 atom stereocenters. The van der Waals surface area contributed by atoms with Gasteiger partial charge in [0.15, 0.2) is 17.5 Å². The van der Waals surface area contributed by atoms with Crippen molar-refractivity contribution in [1.29, 1.82) is 0 Å². The van der Waals surface area contributed by atoms with Crippen LogP contribution in [0.3, 0.4) is 0 Å². The van der Waals surface area contributed by atoms with Crippen LogP contribution >= 0.6 is 0 Å². The molecule has 9 aromatic rings. The molecule has 0 N–H and O–H groups in total. The van der Waals surface area contributed by atoms with Crippen molar-refractivity contribution in [2.75, 3.05) is 0 Å². The summed E-state index contributed by atoms with van der Waals surface area (Å²) in [5.74, 6) is 1.89. The van der Waals surface area contributed by atoms with Gasteiger partial charge >= 0.3 is 0 Å². The Kier molecular flexibility index (Phi) is 6.35. The molecule has 220 valence electrons. The van der Waals surface area contributed by atoms with E-state index in [0.29, 0.717) is 23.2 Å². The minimum atomic E-state index is 0.611. The maximum absolute atomic E-state index is 6.04. The van der Waals surface area contributed by atoms with E-state index in [1.807, 2.05) is 103 Å². The standard InChI is InChI=1S/C41H25N5O/c1-3-11-26(12-4-1)38-44-39(27-13-5-2-6-14-27)46-40(45-38)30-17-9-15-28(23-30)31-19-10-16-29-24-36(42-25-34(29)31)35-22-21-33-32-18-7-8-20-37(32)47-41(33)43-35/h1-25H. The topological polar surface area (TPSA) is 77.6 Å². The molecule has 6 nitrogen and oxygen atoms in total. The Morgan fingerprint density at radius 3 is 1.81 bits per heavy atom. The Labute approximate surface area is 270 Å². The highest BCUT2D eigenvalue weighted by atomic mass is 16.3. The molecule has 0 fully saturated rings. The van der Waals surface area contributed by atoms with Crippen LogP contribution in [0.2, 0.25) is 0 Å². The lowest BCUT2D eigenvalue weighted by Crippen LogP contribution is -2.00. The molecule has 0 saturated carbocycles. The predicted octanol–water partition coefficient (Wildman–Crippen LogP) is 10.0. The lowest BCUT2D eigenvalue weighted by Gasteiger charge is -2.11. The van der Waals surface area contributed by atoms with Gasteiger partial charge in [-0.1, -0.05) is 115 Å². The average Bonchev–Trinajstić information content (AvgIpc) is 3.53. The third-order valence-electron chi connectivity index (χ3n) is 8.40. The monoisotopic (exact) mass is 603 g/mol. The van der Waals surface area contributed by atoms with Crippen molar-refractivity contribution in [3.63, 3.8) is 0 Å². The van der Waals surface area contributed by atoms with Crippen molar-refractivity contribution < 1.29 is 4.42 Å². The van der Waals surface area contributed by atoms with Gasteiger partial charge in [0.05, 0.1) is 11.4 Å². The maximum atomic E-state index is 6.04. The van der Waals surface area contributed by atoms with Gasteiger partial charge < -0.3 is 4.42 Å². The molecule has 0 amide bonds. The molecule has 9 rings (SSSR count). The van der Waals surface area contributed by atoms with Crippen molar-refractivity contribution in [2.24, 2.45) is 0 Å². The second kappa shape index (κ2) is 11.1. The highest BCUT2D eigenvalue weighted by Crippen LogP contribution is 2.34. The molecule has 4 heterocycles. The fourth-order valence-corrected chi connectivity index (χ4v) is 6.08. The molecule has 0 spiro atoms. The molecule has 6 heteroatoms. The largest absolute Gasteiger partial charge is 0.438 e. The fraction of sp³-hybridized carbons (Fsp3) is 0. The highest BCUT2D eigenvalue weighted by Gasteiger charge is 2.15. The number of benzene rings is 5. The number of fused-ring (bicyclic) bond motifs is 4. The number of hydrogen-bond donors (Lipinski definition) is 0. The van der Waals surface area contributed by atoms with Crippen LogP contribution in [-0.2, 0) is 0 Å². The summed E-state index contributed by atoms with van der Waals surface area (Å²) in [6, 6.07) is 48.8. The van der Waals surface area contributed by atoms with E-state index in [4.69, 9.17) is 29.3 Å². The lowest BCUT2D eigenvalue weighted by atomic mass is 9.97. The Bertz CT molecular complexity index is 2520. The highest BCUT2D eigenvalue weighted by molar-refractivity contribution is 6.04. The molecule has 0 saturated heterocycles. The Balaban J connectivity index is 1.12. The van der Waals surface area contributed by atoms with Crippen LogP contribution in [0.15, 0.2) is 156 Å². The zero-order valence-corrected chi connectivity index (χ0v) is 25.1. The van der Waals surface area contributed by atoms with E-state index in [2.05, 4.69) is 48.5 Å².